The molecule has 0 bridgehead atoms. The number of carbonyl (C=O) groups excluding carboxylic acids is 3. The molecule has 7 nitrogen and oxygen atoms in total. The van der Waals surface area contributed by atoms with Crippen molar-refractivity contribution in [2.24, 2.45) is 5.92 Å². The summed E-state index contributed by atoms with van der Waals surface area (Å²) in [5.41, 5.74) is 0.865. The highest BCUT2D eigenvalue weighted by molar-refractivity contribution is 7.18. The Labute approximate surface area is 186 Å². The number of thiophene rings is 1. The van der Waals surface area contributed by atoms with Gasteiger partial charge < -0.3 is 19.7 Å². The van der Waals surface area contributed by atoms with Gasteiger partial charge in [-0.05, 0) is 45.2 Å². The largest absolute Gasteiger partial charge is 0.465 e. The summed E-state index contributed by atoms with van der Waals surface area (Å²) in [6, 6.07) is 11.5. The number of hydrogen-bond acceptors (Lipinski definition) is 6. The molecule has 0 atom stereocenters. The van der Waals surface area contributed by atoms with Gasteiger partial charge in [-0.25, -0.2) is 9.59 Å². The van der Waals surface area contributed by atoms with Crippen molar-refractivity contribution in [1.82, 2.24) is 4.90 Å². The SMILES string of the molecule is COC(=O)c1sc(-c2ccccc2)cc1NC(=O)C1CCN(C(=O)OC(C)(C)C)CC1. The number of rotatable bonds is 4. The van der Waals surface area contributed by atoms with Gasteiger partial charge >= 0.3 is 12.1 Å². The van der Waals surface area contributed by atoms with Gasteiger partial charge in [0.1, 0.15) is 10.5 Å². The Balaban J connectivity index is 1.67. The zero-order valence-corrected chi connectivity index (χ0v) is 19.1. The Morgan fingerprint density at radius 1 is 1.10 bits per heavy atom. The number of ether oxygens (including phenoxy) is 2. The van der Waals surface area contributed by atoms with E-state index in [0.717, 1.165) is 10.4 Å². The second kappa shape index (κ2) is 9.51. The van der Waals surface area contributed by atoms with Crippen LogP contribution in [0.1, 0.15) is 43.3 Å². The summed E-state index contributed by atoms with van der Waals surface area (Å²) in [6.07, 6.45) is 0.715. The normalized spacial score (nSPS) is 14.8. The minimum absolute atomic E-state index is 0.161. The molecule has 1 aliphatic heterocycles. The van der Waals surface area contributed by atoms with Gasteiger partial charge in [-0.1, -0.05) is 30.3 Å². The van der Waals surface area contributed by atoms with E-state index >= 15 is 0 Å². The van der Waals surface area contributed by atoms with Crippen molar-refractivity contribution >= 4 is 35.0 Å². The van der Waals surface area contributed by atoms with Crippen molar-refractivity contribution in [2.45, 2.75) is 39.2 Å². The molecule has 2 aromatic rings. The second-order valence-corrected chi connectivity index (χ2v) is 9.49. The van der Waals surface area contributed by atoms with E-state index in [-0.39, 0.29) is 17.9 Å². The quantitative estimate of drug-likeness (QED) is 0.686. The lowest BCUT2D eigenvalue weighted by Gasteiger charge is -2.32. The van der Waals surface area contributed by atoms with Crippen LogP contribution in [0.2, 0.25) is 0 Å². The molecule has 0 radical (unpaired) electrons. The lowest BCUT2D eigenvalue weighted by atomic mass is 9.96. The molecule has 1 N–H and O–H groups in total. The first-order valence-electron chi connectivity index (χ1n) is 10.2. The molecule has 2 heterocycles. The predicted octanol–water partition coefficient (Wildman–Crippen LogP) is 4.79. The molecule has 1 aromatic heterocycles. The van der Waals surface area contributed by atoms with Crippen LogP contribution in [-0.4, -0.2) is 48.7 Å². The van der Waals surface area contributed by atoms with E-state index in [9.17, 15) is 14.4 Å². The third-order valence-electron chi connectivity index (χ3n) is 4.94. The molecule has 0 aliphatic carbocycles. The van der Waals surface area contributed by atoms with Crippen molar-refractivity contribution in [3.05, 3.63) is 41.3 Å². The number of hydrogen-bond donors (Lipinski definition) is 1. The van der Waals surface area contributed by atoms with Crippen LogP contribution in [0, 0.1) is 5.92 Å². The maximum Gasteiger partial charge on any atom is 0.410 e. The van der Waals surface area contributed by atoms with Crippen LogP contribution in [0.3, 0.4) is 0 Å². The fourth-order valence-electron chi connectivity index (χ4n) is 3.36. The van der Waals surface area contributed by atoms with Crippen LogP contribution in [0.15, 0.2) is 36.4 Å². The summed E-state index contributed by atoms with van der Waals surface area (Å²) in [6.45, 7) is 6.39. The smallest absolute Gasteiger partial charge is 0.410 e. The Bertz CT molecular complexity index is 941. The monoisotopic (exact) mass is 444 g/mol. The molecule has 0 spiro atoms. The number of nitrogens with one attached hydrogen (secondary N) is 1. The minimum Gasteiger partial charge on any atom is -0.465 e. The topological polar surface area (TPSA) is 84.9 Å². The van der Waals surface area contributed by atoms with Gasteiger partial charge in [0.15, 0.2) is 0 Å². The van der Waals surface area contributed by atoms with E-state index in [4.69, 9.17) is 9.47 Å². The number of benzene rings is 1. The molecule has 2 amide bonds. The minimum atomic E-state index is -0.551. The third kappa shape index (κ3) is 5.85. The second-order valence-electron chi connectivity index (χ2n) is 8.44. The first kappa shape index (κ1) is 22.8. The third-order valence-corrected chi connectivity index (χ3v) is 6.10. The molecular formula is C23H28N2O5S. The highest BCUT2D eigenvalue weighted by Crippen LogP contribution is 2.36. The van der Waals surface area contributed by atoms with E-state index in [0.29, 0.717) is 36.5 Å². The van der Waals surface area contributed by atoms with Crippen LogP contribution >= 0.6 is 11.3 Å². The first-order chi connectivity index (χ1) is 14.7. The fraction of sp³-hybridized carbons (Fsp3) is 0.435. The van der Waals surface area contributed by atoms with Gasteiger partial charge in [0, 0.05) is 23.9 Å². The van der Waals surface area contributed by atoms with Gasteiger partial charge in [-0.2, -0.15) is 0 Å². The maximum atomic E-state index is 12.9. The summed E-state index contributed by atoms with van der Waals surface area (Å²) in [7, 11) is 1.32. The number of methoxy groups -OCH3 is 1. The van der Waals surface area contributed by atoms with Crippen molar-refractivity contribution in [3.8, 4) is 10.4 Å². The summed E-state index contributed by atoms with van der Waals surface area (Å²) in [5.74, 6) is -0.891. The molecule has 1 saturated heterocycles. The summed E-state index contributed by atoms with van der Waals surface area (Å²) in [4.78, 5) is 40.2. The number of esters is 1. The van der Waals surface area contributed by atoms with Crippen molar-refractivity contribution < 1.29 is 23.9 Å². The predicted molar refractivity (Wildman–Crippen MR) is 120 cm³/mol. The van der Waals surface area contributed by atoms with Crippen molar-refractivity contribution in [1.29, 1.82) is 0 Å². The van der Waals surface area contributed by atoms with Crippen molar-refractivity contribution in [3.63, 3.8) is 0 Å². The molecule has 1 aliphatic rings. The molecular weight excluding hydrogens is 416 g/mol. The molecule has 166 valence electrons. The van der Waals surface area contributed by atoms with Crippen LogP contribution < -0.4 is 5.32 Å². The van der Waals surface area contributed by atoms with Gasteiger partial charge in [-0.3, -0.25) is 4.79 Å². The van der Waals surface area contributed by atoms with Crippen molar-refractivity contribution in [2.75, 3.05) is 25.5 Å². The Hall–Kier alpha value is -2.87. The Morgan fingerprint density at radius 3 is 2.32 bits per heavy atom. The van der Waals surface area contributed by atoms with Gasteiger partial charge in [0.25, 0.3) is 0 Å². The lowest BCUT2D eigenvalue weighted by Crippen LogP contribution is -2.43. The van der Waals surface area contributed by atoms with Crippen LogP contribution in [-0.2, 0) is 14.3 Å². The van der Waals surface area contributed by atoms with E-state index in [1.165, 1.54) is 18.4 Å². The fourth-order valence-corrected chi connectivity index (χ4v) is 4.40. The van der Waals surface area contributed by atoms with E-state index in [1.807, 2.05) is 51.1 Å². The lowest BCUT2D eigenvalue weighted by molar-refractivity contribution is -0.121. The molecule has 0 unspecified atom stereocenters. The molecule has 1 aromatic carbocycles. The number of anilines is 1. The van der Waals surface area contributed by atoms with E-state index in [2.05, 4.69) is 5.32 Å². The molecule has 0 saturated carbocycles. The Kier molecular flexibility index (Phi) is 7.00. The highest BCUT2D eigenvalue weighted by Gasteiger charge is 2.31. The summed E-state index contributed by atoms with van der Waals surface area (Å²) in [5, 5.41) is 2.90. The maximum absolute atomic E-state index is 12.9. The average molecular weight is 445 g/mol. The molecule has 31 heavy (non-hydrogen) atoms. The van der Waals surface area contributed by atoms with Gasteiger partial charge in [0.05, 0.1) is 12.8 Å². The highest BCUT2D eigenvalue weighted by atomic mass is 32.1. The van der Waals surface area contributed by atoms with Crippen LogP contribution in [0.25, 0.3) is 10.4 Å². The van der Waals surface area contributed by atoms with Gasteiger partial charge in [-0.15, -0.1) is 11.3 Å². The molecule has 8 heteroatoms. The first-order valence-corrected chi connectivity index (χ1v) is 11.1. The number of nitrogens with zero attached hydrogens (tertiary/aromatic N) is 1. The number of likely N-dealkylation sites (tertiary alicyclic amines) is 1. The summed E-state index contributed by atoms with van der Waals surface area (Å²) >= 11 is 1.28. The van der Waals surface area contributed by atoms with Crippen LogP contribution in [0.5, 0.6) is 0 Å². The van der Waals surface area contributed by atoms with E-state index < -0.39 is 11.6 Å². The van der Waals surface area contributed by atoms with E-state index in [1.54, 1.807) is 11.0 Å². The number of amides is 2. The number of piperidine rings is 1. The van der Waals surface area contributed by atoms with Gasteiger partial charge in [0.2, 0.25) is 5.91 Å². The zero-order chi connectivity index (χ0) is 22.6. The molecule has 1 fully saturated rings. The Morgan fingerprint density at radius 2 is 1.74 bits per heavy atom. The number of carbonyl (C=O) groups is 3. The zero-order valence-electron chi connectivity index (χ0n) is 18.3. The average Bonchev–Trinajstić information content (AvgIpc) is 3.16. The van der Waals surface area contributed by atoms with Crippen LogP contribution in [0.4, 0.5) is 10.5 Å². The molecule has 3 rings (SSSR count). The standard InChI is InChI=1S/C23H28N2O5S/c1-23(2,3)30-22(28)25-12-10-16(11-13-25)20(26)24-17-14-18(15-8-6-5-7-9-15)31-19(17)21(27)29-4/h5-9,14,16H,10-13H2,1-4H3,(H,24,26). The summed E-state index contributed by atoms with van der Waals surface area (Å²) < 4.78 is 10.3.